The number of hydrogen-bond acceptors (Lipinski definition) is 3. The number of nitrogens with one attached hydrogen (secondary N) is 1. The Morgan fingerprint density at radius 2 is 1.76 bits per heavy atom. The van der Waals surface area contributed by atoms with Crippen LogP contribution < -0.4 is 5.32 Å². The summed E-state index contributed by atoms with van der Waals surface area (Å²) in [5, 5.41) is 13.3. The van der Waals surface area contributed by atoms with E-state index in [1.165, 1.54) is 6.07 Å². The van der Waals surface area contributed by atoms with Gasteiger partial charge in [0.1, 0.15) is 22.7 Å². The minimum absolute atomic E-state index is 0.0218. The van der Waals surface area contributed by atoms with E-state index in [1.54, 1.807) is 30.3 Å². The number of hydrogen-bond donors (Lipinski definition) is 2. The van der Waals surface area contributed by atoms with E-state index in [2.05, 4.69) is 5.32 Å². The molecule has 1 heterocycles. The van der Waals surface area contributed by atoms with Crippen LogP contribution in [0.15, 0.2) is 46.9 Å². The van der Waals surface area contributed by atoms with Crippen molar-refractivity contribution in [3.63, 3.8) is 0 Å². The monoisotopic (exact) mass is 415 g/mol. The number of carboxylic acids is 1. The molecule has 1 amide bonds. The van der Waals surface area contributed by atoms with Gasteiger partial charge in [-0.2, -0.15) is 0 Å². The lowest BCUT2D eigenvalue weighted by atomic mass is 9.81. The molecule has 1 saturated carbocycles. The highest BCUT2D eigenvalue weighted by Gasteiger charge is 2.41. The number of carboxylic acid groups (broad SMARTS) is 1. The van der Waals surface area contributed by atoms with Crippen molar-refractivity contribution in [1.82, 2.24) is 5.32 Å². The van der Waals surface area contributed by atoms with Gasteiger partial charge < -0.3 is 14.8 Å². The molecule has 4 rings (SSSR count). The van der Waals surface area contributed by atoms with Crippen LogP contribution in [0.3, 0.4) is 0 Å². The molecule has 7 heteroatoms. The molecular weight excluding hydrogens is 397 g/mol. The number of aliphatic carboxylic acids is 1. The topological polar surface area (TPSA) is 79.5 Å². The van der Waals surface area contributed by atoms with Crippen LogP contribution in [0.25, 0.3) is 22.3 Å². The van der Waals surface area contributed by atoms with Gasteiger partial charge in [-0.05, 0) is 55.3 Å². The van der Waals surface area contributed by atoms with E-state index in [9.17, 15) is 19.1 Å². The molecule has 29 heavy (non-hydrogen) atoms. The first-order chi connectivity index (χ1) is 13.9. The fourth-order valence-electron chi connectivity index (χ4n) is 3.87. The van der Waals surface area contributed by atoms with E-state index in [-0.39, 0.29) is 11.1 Å². The number of amides is 1. The Hall–Kier alpha value is -2.86. The van der Waals surface area contributed by atoms with Crippen molar-refractivity contribution in [2.45, 2.75) is 37.6 Å². The Kier molecular flexibility index (Phi) is 5.04. The summed E-state index contributed by atoms with van der Waals surface area (Å²) in [6, 6.07) is 10.9. The van der Waals surface area contributed by atoms with Crippen LogP contribution in [0, 0.1) is 5.82 Å². The molecule has 1 aliphatic carbocycles. The summed E-state index contributed by atoms with van der Waals surface area (Å²) in [4.78, 5) is 24.8. The maximum atomic E-state index is 14.2. The molecule has 0 aliphatic heterocycles. The predicted molar refractivity (Wildman–Crippen MR) is 108 cm³/mol. The Bertz CT molecular complexity index is 1080. The number of halogens is 2. The van der Waals surface area contributed by atoms with Crippen LogP contribution >= 0.6 is 11.6 Å². The van der Waals surface area contributed by atoms with Gasteiger partial charge in [0.15, 0.2) is 0 Å². The largest absolute Gasteiger partial charge is 0.480 e. The van der Waals surface area contributed by atoms with Crippen molar-refractivity contribution >= 4 is 34.4 Å². The van der Waals surface area contributed by atoms with Crippen molar-refractivity contribution < 1.29 is 23.5 Å². The molecule has 1 fully saturated rings. The normalized spacial score (nSPS) is 15.9. The number of carbonyl (C=O) groups is 2. The van der Waals surface area contributed by atoms with Crippen LogP contribution in [-0.4, -0.2) is 22.5 Å². The molecule has 2 N–H and O–H groups in total. The third-order valence-electron chi connectivity index (χ3n) is 5.42. The predicted octanol–water partition coefficient (Wildman–Crippen LogP) is 5.41. The molecule has 1 aliphatic rings. The van der Waals surface area contributed by atoms with Crippen LogP contribution in [-0.2, 0) is 4.79 Å². The summed E-state index contributed by atoms with van der Waals surface area (Å²) in [5.74, 6) is -1.86. The molecule has 3 aromatic rings. The highest BCUT2D eigenvalue weighted by atomic mass is 35.5. The Labute approximate surface area is 171 Å². The smallest absolute Gasteiger partial charge is 0.329 e. The molecule has 0 spiro atoms. The summed E-state index contributed by atoms with van der Waals surface area (Å²) in [6.45, 7) is 0. The molecule has 150 valence electrons. The third kappa shape index (κ3) is 3.72. The number of furan rings is 1. The van der Waals surface area contributed by atoms with E-state index in [1.807, 2.05) is 0 Å². The Balaban J connectivity index is 1.73. The van der Waals surface area contributed by atoms with Gasteiger partial charge >= 0.3 is 5.97 Å². The van der Waals surface area contributed by atoms with Crippen molar-refractivity contribution in [3.8, 4) is 11.3 Å². The molecular formula is C22H19ClFNO4. The summed E-state index contributed by atoms with van der Waals surface area (Å²) in [7, 11) is 0. The lowest BCUT2D eigenvalue weighted by Gasteiger charge is -2.33. The molecule has 0 radical (unpaired) electrons. The zero-order valence-electron chi connectivity index (χ0n) is 15.5. The molecule has 0 atom stereocenters. The first-order valence-corrected chi connectivity index (χ1v) is 9.81. The van der Waals surface area contributed by atoms with Crippen LogP contribution in [0.5, 0.6) is 0 Å². The van der Waals surface area contributed by atoms with Gasteiger partial charge in [0.2, 0.25) is 0 Å². The zero-order valence-corrected chi connectivity index (χ0v) is 16.3. The number of benzene rings is 2. The average molecular weight is 416 g/mol. The van der Waals surface area contributed by atoms with Gasteiger partial charge in [-0.15, -0.1) is 0 Å². The highest BCUT2D eigenvalue weighted by Crippen LogP contribution is 2.33. The summed E-state index contributed by atoms with van der Waals surface area (Å²) in [5.41, 5.74) is -0.414. The second kappa shape index (κ2) is 7.52. The molecule has 5 nitrogen and oxygen atoms in total. The summed E-state index contributed by atoms with van der Waals surface area (Å²) in [6.07, 6.45) is 3.05. The lowest BCUT2D eigenvalue weighted by molar-refractivity contribution is -0.145. The molecule has 0 saturated heterocycles. The van der Waals surface area contributed by atoms with Gasteiger partial charge in [-0.3, -0.25) is 4.79 Å². The summed E-state index contributed by atoms with van der Waals surface area (Å²) < 4.78 is 20.1. The SMILES string of the molecule is O=C(NC1(C(=O)O)CCCCC1)c1cc(F)cc2cc(-c3ccc(Cl)cc3)oc12. The average Bonchev–Trinajstić information content (AvgIpc) is 3.12. The van der Waals surface area contributed by atoms with Gasteiger partial charge in [0, 0.05) is 16.0 Å². The fourth-order valence-corrected chi connectivity index (χ4v) is 4.00. The van der Waals surface area contributed by atoms with Gasteiger partial charge in [0.25, 0.3) is 5.91 Å². The van der Waals surface area contributed by atoms with Crippen LogP contribution in [0.2, 0.25) is 5.02 Å². The van der Waals surface area contributed by atoms with E-state index < -0.39 is 23.2 Å². The van der Waals surface area contributed by atoms with Crippen molar-refractivity contribution in [3.05, 3.63) is 58.9 Å². The van der Waals surface area contributed by atoms with Crippen LogP contribution in [0.1, 0.15) is 42.5 Å². The molecule has 0 unspecified atom stereocenters. The second-order valence-corrected chi connectivity index (χ2v) is 7.83. The zero-order chi connectivity index (χ0) is 20.6. The minimum Gasteiger partial charge on any atom is -0.480 e. The highest BCUT2D eigenvalue weighted by molar-refractivity contribution is 6.30. The Morgan fingerprint density at radius 3 is 2.41 bits per heavy atom. The summed E-state index contributed by atoms with van der Waals surface area (Å²) >= 11 is 5.92. The minimum atomic E-state index is -1.33. The van der Waals surface area contributed by atoms with Crippen molar-refractivity contribution in [2.75, 3.05) is 0 Å². The van der Waals surface area contributed by atoms with Gasteiger partial charge in [-0.1, -0.05) is 30.9 Å². The van der Waals surface area contributed by atoms with Crippen molar-refractivity contribution in [1.29, 1.82) is 0 Å². The Morgan fingerprint density at radius 1 is 1.07 bits per heavy atom. The number of rotatable bonds is 4. The first-order valence-electron chi connectivity index (χ1n) is 9.43. The molecule has 2 aromatic carbocycles. The van der Waals surface area contributed by atoms with E-state index in [0.717, 1.165) is 18.1 Å². The maximum absolute atomic E-state index is 14.2. The molecule has 1 aromatic heterocycles. The number of carbonyl (C=O) groups excluding carboxylic acids is 1. The fraction of sp³-hybridized carbons (Fsp3) is 0.273. The third-order valence-corrected chi connectivity index (χ3v) is 5.68. The number of fused-ring (bicyclic) bond motifs is 1. The van der Waals surface area contributed by atoms with E-state index >= 15 is 0 Å². The quantitative estimate of drug-likeness (QED) is 0.597. The van der Waals surface area contributed by atoms with E-state index in [0.29, 0.717) is 41.9 Å². The lowest BCUT2D eigenvalue weighted by Crippen LogP contribution is -2.55. The second-order valence-electron chi connectivity index (χ2n) is 7.39. The maximum Gasteiger partial charge on any atom is 0.329 e. The standard InChI is InChI=1S/C22H19ClFNO4/c23-15-6-4-13(5-7-15)18-11-14-10-16(24)12-17(19(14)29-18)20(26)25-22(21(27)28)8-2-1-3-9-22/h4-7,10-12H,1-3,8-9H2,(H,25,26)(H,27,28). The van der Waals surface area contributed by atoms with Gasteiger partial charge in [-0.25, -0.2) is 9.18 Å². The van der Waals surface area contributed by atoms with Crippen molar-refractivity contribution in [2.24, 2.45) is 0 Å². The molecule has 0 bridgehead atoms. The van der Waals surface area contributed by atoms with Gasteiger partial charge in [0.05, 0.1) is 5.56 Å². The van der Waals surface area contributed by atoms with Crippen LogP contribution in [0.4, 0.5) is 4.39 Å². The van der Waals surface area contributed by atoms with E-state index in [4.69, 9.17) is 16.0 Å². The first kappa shape index (κ1) is 19.5.